The number of hydrogen-bond acceptors (Lipinski definition) is 1. The Morgan fingerprint density at radius 3 is 1.42 bits per heavy atom. The van der Waals surface area contributed by atoms with E-state index in [2.05, 4.69) is 128 Å². The molecule has 156 valence electrons. The fourth-order valence-corrected chi connectivity index (χ4v) is 5.04. The predicted molar refractivity (Wildman–Crippen MR) is 140 cm³/mol. The van der Waals surface area contributed by atoms with Crippen LogP contribution in [0.5, 0.6) is 11.5 Å². The molecule has 0 saturated heterocycles. The quantitative estimate of drug-likeness (QED) is 0.320. The van der Waals surface area contributed by atoms with Crippen LogP contribution in [0, 0.1) is 6.92 Å². The molecule has 0 aromatic heterocycles. The van der Waals surface area contributed by atoms with Crippen LogP contribution in [0.1, 0.15) is 5.56 Å². The molecule has 1 nitrogen and oxygen atoms in total. The summed E-state index contributed by atoms with van der Waals surface area (Å²) in [6, 6.07) is 43.1. The largest absolute Gasteiger partial charge is 0.458 e. The molecule has 2 heteroatoms. The molecule has 1 aliphatic rings. The highest BCUT2D eigenvalue weighted by Gasteiger charge is 2.35. The van der Waals surface area contributed by atoms with Gasteiger partial charge in [0.15, 0.2) is 0 Å². The van der Waals surface area contributed by atoms with E-state index in [9.17, 15) is 0 Å². The lowest BCUT2D eigenvalue weighted by molar-refractivity contribution is 0.487. The number of ether oxygens (including phenoxy) is 1. The van der Waals surface area contributed by atoms with Gasteiger partial charge in [0.05, 0.1) is 0 Å². The summed E-state index contributed by atoms with van der Waals surface area (Å²) < 4.78 is 6.34. The fraction of sp³-hybridized carbons (Fsp3) is 0.0323. The third-order valence-electron chi connectivity index (χ3n) is 6.46. The zero-order chi connectivity index (χ0) is 22.2. The van der Waals surface area contributed by atoms with E-state index in [1.54, 1.807) is 0 Å². The number of hydrogen-bond donors (Lipinski definition) is 0. The average molecular weight is 422 g/mol. The molecule has 1 heterocycles. The van der Waals surface area contributed by atoms with Crippen molar-refractivity contribution in [3.05, 3.63) is 127 Å². The Morgan fingerprint density at radius 2 is 0.939 bits per heavy atom. The van der Waals surface area contributed by atoms with E-state index in [4.69, 9.17) is 4.74 Å². The molecule has 0 aliphatic carbocycles. The van der Waals surface area contributed by atoms with Gasteiger partial charge in [0, 0.05) is 0 Å². The van der Waals surface area contributed by atoms with E-state index < -0.39 is 0 Å². The van der Waals surface area contributed by atoms with Gasteiger partial charge in [0.2, 0.25) is 0 Å². The number of para-hydroxylation sites is 2. The van der Waals surface area contributed by atoms with Crippen molar-refractivity contribution in [1.82, 2.24) is 0 Å². The maximum Gasteiger partial charge on any atom is 0.252 e. The van der Waals surface area contributed by atoms with Gasteiger partial charge in [0.25, 0.3) is 6.71 Å². The van der Waals surface area contributed by atoms with Crippen molar-refractivity contribution in [2.75, 3.05) is 0 Å². The Hall–Kier alpha value is -4.04. The maximum atomic E-state index is 6.34. The lowest BCUT2D eigenvalue weighted by atomic mass is 9.34. The maximum absolute atomic E-state index is 6.34. The van der Waals surface area contributed by atoms with Crippen molar-refractivity contribution in [2.24, 2.45) is 0 Å². The molecule has 6 rings (SSSR count). The standard InChI is InChI=1S/C31H23BO/c1-22-20-25(23-12-4-2-5-13-23)31(26(21-22)24-14-6-3-7-15-24)32-27-16-8-10-18-29(27)33-30-19-11-9-17-28(30)32/h2-21H,1H3. The van der Waals surface area contributed by atoms with Crippen LogP contribution < -0.4 is 21.1 Å². The zero-order valence-corrected chi connectivity index (χ0v) is 18.5. The normalized spacial score (nSPS) is 12.0. The third kappa shape index (κ3) is 3.45. The first-order valence-electron chi connectivity index (χ1n) is 11.4. The van der Waals surface area contributed by atoms with Crippen LogP contribution in [0.2, 0.25) is 0 Å². The number of fused-ring (bicyclic) bond motifs is 2. The van der Waals surface area contributed by atoms with Crippen LogP contribution in [0.4, 0.5) is 0 Å². The topological polar surface area (TPSA) is 9.23 Å². The number of aryl methyl sites for hydroxylation is 1. The van der Waals surface area contributed by atoms with Gasteiger partial charge in [0.1, 0.15) is 11.5 Å². The average Bonchev–Trinajstić information content (AvgIpc) is 2.88. The molecule has 0 saturated carbocycles. The van der Waals surface area contributed by atoms with Gasteiger partial charge in [-0.3, -0.25) is 0 Å². The van der Waals surface area contributed by atoms with Crippen molar-refractivity contribution in [1.29, 1.82) is 0 Å². The number of benzene rings is 5. The smallest absolute Gasteiger partial charge is 0.252 e. The molecule has 0 radical (unpaired) electrons. The Balaban J connectivity index is 1.73. The highest BCUT2D eigenvalue weighted by Crippen LogP contribution is 2.31. The molecule has 0 bridgehead atoms. The summed E-state index contributed by atoms with van der Waals surface area (Å²) in [6.45, 7) is 2.26. The minimum Gasteiger partial charge on any atom is -0.458 e. The van der Waals surface area contributed by atoms with E-state index in [0.717, 1.165) is 11.5 Å². The van der Waals surface area contributed by atoms with Crippen LogP contribution in [0.3, 0.4) is 0 Å². The second-order valence-electron chi connectivity index (χ2n) is 8.62. The summed E-state index contributed by atoms with van der Waals surface area (Å²) in [6.07, 6.45) is 0. The summed E-state index contributed by atoms with van der Waals surface area (Å²) in [5, 5.41) is 0. The van der Waals surface area contributed by atoms with Crippen molar-refractivity contribution in [3.8, 4) is 33.8 Å². The van der Waals surface area contributed by atoms with Crippen LogP contribution in [-0.2, 0) is 0 Å². The monoisotopic (exact) mass is 422 g/mol. The first-order chi connectivity index (χ1) is 16.3. The fourth-order valence-electron chi connectivity index (χ4n) is 5.04. The lowest BCUT2D eigenvalue weighted by Crippen LogP contribution is -2.56. The van der Waals surface area contributed by atoms with Gasteiger partial charge in [-0.25, -0.2) is 0 Å². The van der Waals surface area contributed by atoms with Gasteiger partial charge >= 0.3 is 0 Å². The SMILES string of the molecule is Cc1cc(-c2ccccc2)c(B2c3ccccc3Oc3ccccc32)c(-c2ccccc2)c1. The number of rotatable bonds is 3. The van der Waals surface area contributed by atoms with Crippen LogP contribution in [-0.4, -0.2) is 6.71 Å². The Bertz CT molecular complexity index is 1330. The molecule has 0 unspecified atom stereocenters. The Kier molecular flexibility index (Phi) is 4.85. The highest BCUT2D eigenvalue weighted by atomic mass is 16.5. The highest BCUT2D eigenvalue weighted by molar-refractivity contribution is 6.98. The van der Waals surface area contributed by atoms with Crippen LogP contribution in [0.25, 0.3) is 22.3 Å². The van der Waals surface area contributed by atoms with E-state index in [0.29, 0.717) is 0 Å². The summed E-state index contributed by atoms with van der Waals surface area (Å²) in [5.74, 6) is 1.86. The summed E-state index contributed by atoms with van der Waals surface area (Å²) >= 11 is 0. The molecule has 0 fully saturated rings. The molecule has 1 aliphatic heterocycles. The van der Waals surface area contributed by atoms with Crippen molar-refractivity contribution < 1.29 is 4.74 Å². The molecule has 0 spiro atoms. The summed E-state index contributed by atoms with van der Waals surface area (Å²) in [5.41, 5.74) is 9.98. The van der Waals surface area contributed by atoms with Crippen molar-refractivity contribution >= 4 is 23.1 Å². The van der Waals surface area contributed by atoms with Gasteiger partial charge in [-0.15, -0.1) is 0 Å². The Morgan fingerprint density at radius 1 is 0.515 bits per heavy atom. The molecular weight excluding hydrogens is 399 g/mol. The summed E-state index contributed by atoms with van der Waals surface area (Å²) in [4.78, 5) is 0. The van der Waals surface area contributed by atoms with Crippen LogP contribution >= 0.6 is 0 Å². The second kappa shape index (κ2) is 8.14. The van der Waals surface area contributed by atoms with Crippen molar-refractivity contribution in [3.63, 3.8) is 0 Å². The molecule has 0 amide bonds. The first kappa shape index (κ1) is 19.6. The Labute approximate surface area is 195 Å². The predicted octanol–water partition coefficient (Wildman–Crippen LogP) is 5.95. The summed E-state index contributed by atoms with van der Waals surface area (Å²) in [7, 11) is 0. The zero-order valence-electron chi connectivity index (χ0n) is 18.5. The molecule has 5 aromatic carbocycles. The second-order valence-corrected chi connectivity index (χ2v) is 8.62. The lowest BCUT2D eigenvalue weighted by Gasteiger charge is -2.30. The van der Waals surface area contributed by atoms with Crippen LogP contribution in [0.15, 0.2) is 121 Å². The van der Waals surface area contributed by atoms with Gasteiger partial charge < -0.3 is 4.74 Å². The molecule has 0 atom stereocenters. The minimum absolute atomic E-state index is 0.0668. The molecular formula is C31H23BO. The third-order valence-corrected chi connectivity index (χ3v) is 6.46. The van der Waals surface area contributed by atoms with Crippen molar-refractivity contribution in [2.45, 2.75) is 6.92 Å². The first-order valence-corrected chi connectivity index (χ1v) is 11.4. The van der Waals surface area contributed by atoms with E-state index >= 15 is 0 Å². The van der Waals surface area contributed by atoms with E-state index in [1.807, 2.05) is 0 Å². The minimum atomic E-state index is 0.0668. The van der Waals surface area contributed by atoms with E-state index in [1.165, 1.54) is 44.2 Å². The molecule has 5 aromatic rings. The van der Waals surface area contributed by atoms with Gasteiger partial charge in [-0.05, 0) is 57.8 Å². The van der Waals surface area contributed by atoms with Gasteiger partial charge in [-0.1, -0.05) is 115 Å². The van der Waals surface area contributed by atoms with E-state index in [-0.39, 0.29) is 6.71 Å². The molecule has 0 N–H and O–H groups in total. The molecule has 33 heavy (non-hydrogen) atoms. The van der Waals surface area contributed by atoms with Gasteiger partial charge in [-0.2, -0.15) is 0 Å².